The van der Waals surface area contributed by atoms with Gasteiger partial charge in [0.1, 0.15) is 16.0 Å². The summed E-state index contributed by atoms with van der Waals surface area (Å²) in [5.41, 5.74) is 1.53. The zero-order valence-electron chi connectivity index (χ0n) is 8.21. The average Bonchev–Trinajstić information content (AvgIpc) is 2.25. The quantitative estimate of drug-likeness (QED) is 0.748. The van der Waals surface area contributed by atoms with Gasteiger partial charge in [-0.2, -0.15) is 0 Å². The zero-order valence-corrected chi connectivity index (χ0v) is 11.3. The lowest BCUT2D eigenvalue weighted by molar-refractivity contribution is 1.11. The van der Waals surface area contributed by atoms with Crippen LogP contribution < -0.4 is 0 Å². The molecule has 82 valence electrons. The molecule has 0 fully saturated rings. The van der Waals surface area contributed by atoms with Crippen molar-refractivity contribution >= 4 is 39.1 Å². The number of nitrogens with zero attached hydrogens (tertiary/aromatic N) is 3. The number of rotatable bonds is 1. The van der Waals surface area contributed by atoms with E-state index >= 15 is 0 Å². The third-order valence-electron chi connectivity index (χ3n) is 1.89. The standard InChI is InChI=1S/C10H6BrCl2N3/c1-5-3-2-4-6(14-5)10-15-8(12)7(11)9(13)16-10/h2-4H,1H3. The van der Waals surface area contributed by atoms with Crippen molar-refractivity contribution in [3.63, 3.8) is 0 Å². The van der Waals surface area contributed by atoms with Crippen molar-refractivity contribution in [1.82, 2.24) is 15.0 Å². The maximum absolute atomic E-state index is 5.90. The van der Waals surface area contributed by atoms with Crippen LogP contribution in [0.15, 0.2) is 22.7 Å². The van der Waals surface area contributed by atoms with Crippen LogP contribution >= 0.6 is 39.1 Å². The van der Waals surface area contributed by atoms with Gasteiger partial charge in [0.15, 0.2) is 5.82 Å². The first kappa shape index (κ1) is 11.8. The summed E-state index contributed by atoms with van der Waals surface area (Å²) in [6, 6.07) is 5.58. The van der Waals surface area contributed by atoms with Crippen LogP contribution in [-0.2, 0) is 0 Å². The first-order valence-electron chi connectivity index (χ1n) is 4.40. The summed E-state index contributed by atoms with van der Waals surface area (Å²) < 4.78 is 0.493. The van der Waals surface area contributed by atoms with Gasteiger partial charge in [-0.1, -0.05) is 29.3 Å². The Labute approximate surface area is 111 Å². The van der Waals surface area contributed by atoms with Crippen LogP contribution in [0.1, 0.15) is 5.69 Å². The molecule has 2 rings (SSSR count). The Morgan fingerprint density at radius 3 is 2.25 bits per heavy atom. The number of aromatic nitrogens is 3. The van der Waals surface area contributed by atoms with Gasteiger partial charge in [-0.25, -0.2) is 15.0 Å². The Kier molecular flexibility index (Phi) is 3.42. The minimum atomic E-state index is 0.276. The van der Waals surface area contributed by atoms with Crippen molar-refractivity contribution in [3.8, 4) is 11.5 Å². The van der Waals surface area contributed by atoms with E-state index in [9.17, 15) is 0 Å². The van der Waals surface area contributed by atoms with Gasteiger partial charge < -0.3 is 0 Å². The van der Waals surface area contributed by atoms with E-state index < -0.39 is 0 Å². The van der Waals surface area contributed by atoms with E-state index in [0.717, 1.165) is 5.69 Å². The monoisotopic (exact) mass is 317 g/mol. The van der Waals surface area contributed by atoms with E-state index in [2.05, 4.69) is 30.9 Å². The molecular formula is C10H6BrCl2N3. The topological polar surface area (TPSA) is 38.7 Å². The minimum Gasteiger partial charge on any atom is -0.250 e. The molecule has 0 aliphatic carbocycles. The maximum Gasteiger partial charge on any atom is 0.181 e. The highest BCUT2D eigenvalue weighted by molar-refractivity contribution is 9.10. The van der Waals surface area contributed by atoms with Crippen molar-refractivity contribution in [3.05, 3.63) is 38.7 Å². The summed E-state index contributed by atoms with van der Waals surface area (Å²) in [6.45, 7) is 1.89. The van der Waals surface area contributed by atoms with Crippen molar-refractivity contribution in [1.29, 1.82) is 0 Å². The molecule has 16 heavy (non-hydrogen) atoms. The lowest BCUT2D eigenvalue weighted by Crippen LogP contribution is -1.95. The van der Waals surface area contributed by atoms with Crippen LogP contribution in [0.5, 0.6) is 0 Å². The molecule has 0 saturated heterocycles. The number of halogens is 3. The molecular weight excluding hydrogens is 313 g/mol. The van der Waals surface area contributed by atoms with E-state index in [1.54, 1.807) is 0 Å². The van der Waals surface area contributed by atoms with Crippen molar-refractivity contribution in [2.75, 3.05) is 0 Å². The molecule has 0 radical (unpaired) electrons. The highest BCUT2D eigenvalue weighted by atomic mass is 79.9. The molecule has 0 unspecified atom stereocenters. The molecule has 0 amide bonds. The second-order valence-electron chi connectivity index (χ2n) is 3.11. The normalized spacial score (nSPS) is 10.5. The Morgan fingerprint density at radius 1 is 1.06 bits per heavy atom. The van der Waals surface area contributed by atoms with E-state index in [-0.39, 0.29) is 10.3 Å². The van der Waals surface area contributed by atoms with Gasteiger partial charge in [0.05, 0.1) is 4.47 Å². The predicted molar refractivity (Wildman–Crippen MR) is 67.7 cm³/mol. The predicted octanol–water partition coefficient (Wildman–Crippen LogP) is 3.92. The van der Waals surface area contributed by atoms with Gasteiger partial charge in [-0.05, 0) is 35.0 Å². The second kappa shape index (κ2) is 4.65. The molecule has 2 aromatic rings. The Hall–Kier alpha value is -0.710. The molecule has 6 heteroatoms. The number of hydrogen-bond acceptors (Lipinski definition) is 3. The average molecular weight is 319 g/mol. The van der Waals surface area contributed by atoms with Gasteiger partial charge in [-0.15, -0.1) is 0 Å². The lowest BCUT2D eigenvalue weighted by atomic mass is 10.3. The fourth-order valence-electron chi connectivity index (χ4n) is 1.18. The molecule has 3 nitrogen and oxygen atoms in total. The van der Waals surface area contributed by atoms with E-state index in [1.165, 1.54) is 0 Å². The number of hydrogen-bond donors (Lipinski definition) is 0. The molecule has 2 aromatic heterocycles. The first-order valence-corrected chi connectivity index (χ1v) is 5.95. The third kappa shape index (κ3) is 2.34. The SMILES string of the molecule is Cc1cccc(-c2nc(Cl)c(Br)c(Cl)n2)n1. The third-order valence-corrected chi connectivity index (χ3v) is 3.64. The summed E-state index contributed by atoms with van der Waals surface area (Å²) in [5, 5.41) is 0.552. The highest BCUT2D eigenvalue weighted by Gasteiger charge is 2.11. The minimum absolute atomic E-state index is 0.276. The van der Waals surface area contributed by atoms with E-state index in [1.807, 2.05) is 25.1 Å². The van der Waals surface area contributed by atoms with E-state index in [0.29, 0.717) is 16.0 Å². The molecule has 0 aliphatic rings. The van der Waals surface area contributed by atoms with Gasteiger partial charge in [0.25, 0.3) is 0 Å². The smallest absolute Gasteiger partial charge is 0.181 e. The molecule has 2 heterocycles. The molecule has 0 aromatic carbocycles. The molecule has 0 N–H and O–H groups in total. The number of pyridine rings is 1. The first-order chi connectivity index (χ1) is 7.58. The van der Waals surface area contributed by atoms with Gasteiger partial charge in [-0.3, -0.25) is 0 Å². The fourth-order valence-corrected chi connectivity index (χ4v) is 1.74. The molecule has 0 aliphatic heterocycles. The zero-order chi connectivity index (χ0) is 11.7. The van der Waals surface area contributed by atoms with Gasteiger partial charge in [0, 0.05) is 5.69 Å². The Balaban J connectivity index is 2.57. The second-order valence-corrected chi connectivity index (χ2v) is 4.62. The van der Waals surface area contributed by atoms with Crippen LogP contribution in [0.25, 0.3) is 11.5 Å². The van der Waals surface area contributed by atoms with Crippen molar-refractivity contribution in [2.24, 2.45) is 0 Å². The molecule has 0 spiro atoms. The fraction of sp³-hybridized carbons (Fsp3) is 0.100. The molecule has 0 atom stereocenters. The van der Waals surface area contributed by atoms with Crippen LogP contribution in [0.3, 0.4) is 0 Å². The van der Waals surface area contributed by atoms with Gasteiger partial charge in [0.2, 0.25) is 0 Å². The van der Waals surface area contributed by atoms with Crippen LogP contribution in [0, 0.1) is 6.92 Å². The highest BCUT2D eigenvalue weighted by Crippen LogP contribution is 2.29. The lowest BCUT2D eigenvalue weighted by Gasteiger charge is -2.03. The maximum atomic E-state index is 5.90. The van der Waals surface area contributed by atoms with Gasteiger partial charge >= 0.3 is 0 Å². The van der Waals surface area contributed by atoms with Crippen LogP contribution in [0.2, 0.25) is 10.3 Å². The Bertz CT molecular complexity index is 522. The van der Waals surface area contributed by atoms with Crippen LogP contribution in [0.4, 0.5) is 0 Å². The number of aryl methyl sites for hydroxylation is 1. The van der Waals surface area contributed by atoms with Crippen LogP contribution in [-0.4, -0.2) is 15.0 Å². The summed E-state index contributed by atoms with van der Waals surface area (Å²) in [7, 11) is 0. The van der Waals surface area contributed by atoms with Crippen molar-refractivity contribution in [2.45, 2.75) is 6.92 Å². The van der Waals surface area contributed by atoms with Crippen molar-refractivity contribution < 1.29 is 0 Å². The largest absolute Gasteiger partial charge is 0.250 e. The molecule has 0 bridgehead atoms. The summed E-state index contributed by atoms with van der Waals surface area (Å²) in [5.74, 6) is 0.418. The summed E-state index contributed by atoms with van der Waals surface area (Å²) in [6.07, 6.45) is 0. The summed E-state index contributed by atoms with van der Waals surface area (Å²) in [4.78, 5) is 12.5. The Morgan fingerprint density at radius 2 is 1.69 bits per heavy atom. The molecule has 0 saturated carbocycles. The van der Waals surface area contributed by atoms with E-state index in [4.69, 9.17) is 23.2 Å². The summed E-state index contributed by atoms with van der Waals surface area (Å²) >= 11 is 15.0.